The lowest BCUT2D eigenvalue weighted by Crippen LogP contribution is -2.30. The Balaban J connectivity index is 3.25. The van der Waals surface area contributed by atoms with E-state index in [-0.39, 0.29) is 5.88 Å². The molecule has 0 saturated carbocycles. The quantitative estimate of drug-likeness (QED) is 0.437. The largest absolute Gasteiger partial charge is 0.593 e. The summed E-state index contributed by atoms with van der Waals surface area (Å²) in [5.41, 5.74) is 0. The summed E-state index contributed by atoms with van der Waals surface area (Å²) in [4.78, 5) is 10.2. The van der Waals surface area contributed by atoms with Gasteiger partial charge >= 0.3 is 0 Å². The molecule has 1 amide bonds. The van der Waals surface area contributed by atoms with Crippen LogP contribution in [0, 0.1) is 0 Å². The first-order valence-electron chi connectivity index (χ1n) is 1.85. The van der Waals surface area contributed by atoms with Crippen molar-refractivity contribution >= 4 is 28.9 Å². The van der Waals surface area contributed by atoms with Gasteiger partial charge in [-0.1, -0.05) is 0 Å². The molecule has 0 radical (unpaired) electrons. The lowest BCUT2D eigenvalue weighted by atomic mass is 10.8. The molecule has 0 rings (SSSR count). The highest BCUT2D eigenvalue weighted by atomic mass is 35.5. The summed E-state index contributed by atoms with van der Waals surface area (Å²) in [6, 6.07) is 0. The number of carbonyl (C=O) groups excluding carboxylic acids is 1. The van der Waals surface area contributed by atoms with Gasteiger partial charge in [0.25, 0.3) is 5.91 Å². The van der Waals surface area contributed by atoms with Crippen LogP contribution in [-0.2, 0) is 16.2 Å². The van der Waals surface area contributed by atoms with Gasteiger partial charge in [0.2, 0.25) is 0 Å². The Morgan fingerprint density at radius 2 is 2.50 bits per heavy atom. The summed E-state index contributed by atoms with van der Waals surface area (Å²) >= 11 is 3.77. The standard InChI is InChI=1S/C3H6ClNO2S/c1-8(7)5-3(6)2-4/h2H2,1H3,(H,5,6). The Hall–Kier alpha value is 0.0700. The number of carbonyl (C=O) groups is 1. The second-order valence-electron chi connectivity index (χ2n) is 1.11. The SMILES string of the molecule is C[S+]([O-])NC(=O)CCl. The van der Waals surface area contributed by atoms with E-state index in [0.29, 0.717) is 0 Å². The van der Waals surface area contributed by atoms with Crippen molar-refractivity contribution in [2.75, 3.05) is 12.1 Å². The molecule has 0 fully saturated rings. The van der Waals surface area contributed by atoms with E-state index in [4.69, 9.17) is 11.6 Å². The number of hydrogen-bond donors (Lipinski definition) is 1. The van der Waals surface area contributed by atoms with Gasteiger partial charge in [-0.05, 0) is 0 Å². The number of nitrogens with one attached hydrogen (secondary N) is 1. The van der Waals surface area contributed by atoms with E-state index in [1.54, 1.807) is 0 Å². The third-order valence-electron chi connectivity index (χ3n) is 0.379. The lowest BCUT2D eigenvalue weighted by molar-refractivity contribution is -0.116. The van der Waals surface area contributed by atoms with Gasteiger partial charge < -0.3 is 4.55 Å². The Bertz CT molecular complexity index is 87.4. The molecule has 0 aliphatic rings. The summed E-state index contributed by atoms with van der Waals surface area (Å²) in [7, 11) is 0. The molecule has 0 aromatic rings. The average Bonchev–Trinajstić information content (AvgIpc) is 1.65. The fourth-order valence-electron chi connectivity index (χ4n) is 0.188. The van der Waals surface area contributed by atoms with Gasteiger partial charge in [0, 0.05) is 0 Å². The fraction of sp³-hybridized carbons (Fsp3) is 0.667. The minimum Gasteiger partial charge on any atom is -0.593 e. The molecule has 8 heavy (non-hydrogen) atoms. The molecule has 0 spiro atoms. The van der Waals surface area contributed by atoms with Crippen molar-refractivity contribution in [2.24, 2.45) is 0 Å². The van der Waals surface area contributed by atoms with Crippen LogP contribution < -0.4 is 4.72 Å². The van der Waals surface area contributed by atoms with Crippen molar-refractivity contribution in [3.63, 3.8) is 0 Å². The number of amides is 1. The van der Waals surface area contributed by atoms with E-state index in [9.17, 15) is 9.35 Å². The third-order valence-corrected chi connectivity index (χ3v) is 1.14. The van der Waals surface area contributed by atoms with Crippen LogP contribution in [0.4, 0.5) is 0 Å². The van der Waals surface area contributed by atoms with E-state index in [0.717, 1.165) is 0 Å². The van der Waals surface area contributed by atoms with Crippen LogP contribution in [0.3, 0.4) is 0 Å². The average molecular weight is 156 g/mol. The number of halogens is 1. The van der Waals surface area contributed by atoms with Crippen molar-refractivity contribution < 1.29 is 9.35 Å². The second-order valence-corrected chi connectivity index (χ2v) is 2.49. The minimum absolute atomic E-state index is 0.139. The van der Waals surface area contributed by atoms with E-state index in [1.165, 1.54) is 6.26 Å². The van der Waals surface area contributed by atoms with Crippen LogP contribution in [0.25, 0.3) is 0 Å². The molecule has 0 aromatic heterocycles. The first-order chi connectivity index (χ1) is 3.66. The smallest absolute Gasteiger partial charge is 0.276 e. The maximum Gasteiger partial charge on any atom is 0.276 e. The molecule has 1 N–H and O–H groups in total. The highest BCUT2D eigenvalue weighted by molar-refractivity contribution is 7.89. The fourth-order valence-corrected chi connectivity index (χ4v) is 0.726. The Kier molecular flexibility index (Phi) is 4.03. The zero-order valence-electron chi connectivity index (χ0n) is 4.31. The Morgan fingerprint density at radius 3 is 2.62 bits per heavy atom. The van der Waals surface area contributed by atoms with Gasteiger partial charge in [-0.15, -0.1) is 11.6 Å². The number of alkyl halides is 1. The molecule has 0 aromatic carbocycles. The Morgan fingerprint density at radius 1 is 2.00 bits per heavy atom. The molecule has 0 bridgehead atoms. The molecule has 1 atom stereocenters. The van der Waals surface area contributed by atoms with Crippen molar-refractivity contribution in [2.45, 2.75) is 0 Å². The van der Waals surface area contributed by atoms with Gasteiger partial charge in [-0.25, -0.2) is 0 Å². The summed E-state index contributed by atoms with van der Waals surface area (Å²) in [5, 5.41) is 0. The molecule has 0 saturated heterocycles. The Labute approximate surface area is 55.7 Å². The molecule has 0 aliphatic heterocycles. The monoisotopic (exact) mass is 155 g/mol. The van der Waals surface area contributed by atoms with Crippen LogP contribution in [0.1, 0.15) is 0 Å². The predicted molar refractivity (Wildman–Crippen MR) is 32.9 cm³/mol. The lowest BCUT2D eigenvalue weighted by Gasteiger charge is -2.01. The molecule has 5 heteroatoms. The van der Waals surface area contributed by atoms with Crippen molar-refractivity contribution in [3.8, 4) is 0 Å². The molecule has 0 aliphatic carbocycles. The first kappa shape index (κ1) is 8.07. The second kappa shape index (κ2) is 4.00. The summed E-state index contributed by atoms with van der Waals surface area (Å²) in [6.45, 7) is 0. The maximum atomic E-state index is 10.2. The van der Waals surface area contributed by atoms with Gasteiger partial charge in [-0.3, -0.25) is 4.79 Å². The zero-order valence-corrected chi connectivity index (χ0v) is 5.88. The molecule has 1 unspecified atom stereocenters. The van der Waals surface area contributed by atoms with Gasteiger partial charge in [0.05, 0.1) is 11.4 Å². The van der Waals surface area contributed by atoms with Crippen LogP contribution in [0.5, 0.6) is 0 Å². The zero-order chi connectivity index (χ0) is 6.57. The van der Waals surface area contributed by atoms with E-state index >= 15 is 0 Å². The summed E-state index contributed by atoms with van der Waals surface area (Å²) in [5.74, 6) is -0.549. The third kappa shape index (κ3) is 4.23. The minimum atomic E-state index is -1.28. The maximum absolute atomic E-state index is 10.2. The molecule has 0 heterocycles. The normalized spacial score (nSPS) is 12.9. The molecular formula is C3H6ClNO2S. The summed E-state index contributed by atoms with van der Waals surface area (Å²) in [6.07, 6.45) is 1.37. The van der Waals surface area contributed by atoms with Gasteiger partial charge in [0.15, 0.2) is 0 Å². The van der Waals surface area contributed by atoms with Crippen LogP contribution >= 0.6 is 11.6 Å². The van der Waals surface area contributed by atoms with Crippen molar-refractivity contribution in [1.29, 1.82) is 0 Å². The van der Waals surface area contributed by atoms with E-state index in [2.05, 4.69) is 4.72 Å². The number of hydrogen-bond acceptors (Lipinski definition) is 2. The molecular weight excluding hydrogens is 150 g/mol. The van der Waals surface area contributed by atoms with Crippen molar-refractivity contribution in [3.05, 3.63) is 0 Å². The number of rotatable bonds is 2. The van der Waals surface area contributed by atoms with Crippen LogP contribution in [0.15, 0.2) is 0 Å². The van der Waals surface area contributed by atoms with Crippen LogP contribution in [0.2, 0.25) is 0 Å². The van der Waals surface area contributed by atoms with E-state index in [1.807, 2.05) is 0 Å². The van der Waals surface area contributed by atoms with Crippen molar-refractivity contribution in [1.82, 2.24) is 4.72 Å². The van der Waals surface area contributed by atoms with Gasteiger partial charge in [0.1, 0.15) is 12.1 Å². The highest BCUT2D eigenvalue weighted by Gasteiger charge is 2.02. The summed E-state index contributed by atoms with van der Waals surface area (Å²) < 4.78 is 12.2. The molecule has 3 nitrogen and oxygen atoms in total. The predicted octanol–water partition coefficient (Wildman–Crippen LogP) is -0.365. The van der Waals surface area contributed by atoms with E-state index < -0.39 is 17.3 Å². The first-order valence-corrected chi connectivity index (χ1v) is 3.95. The topological polar surface area (TPSA) is 52.2 Å². The van der Waals surface area contributed by atoms with Gasteiger partial charge in [-0.2, -0.15) is 4.72 Å². The molecule has 48 valence electrons. The van der Waals surface area contributed by atoms with Crippen LogP contribution in [-0.4, -0.2) is 22.6 Å². The highest BCUT2D eigenvalue weighted by Crippen LogP contribution is 1.77.